The first-order chi connectivity index (χ1) is 10.5. The number of amides is 1. The molecule has 22 heavy (non-hydrogen) atoms. The standard InChI is InChI=1S/C16H21N3O2S/c1-5-6-14-18-19-16(22-14)17-15(20)12(4)21-13-8-10(2)7-11(3)9-13/h7-9,12H,5-6H2,1-4H3,(H,17,19,20)/t12-/m0/s1. The number of nitrogens with zero attached hydrogens (tertiary/aromatic N) is 2. The summed E-state index contributed by atoms with van der Waals surface area (Å²) in [7, 11) is 0. The molecule has 0 radical (unpaired) electrons. The van der Waals surface area contributed by atoms with Gasteiger partial charge >= 0.3 is 0 Å². The first kappa shape index (κ1) is 16.4. The van der Waals surface area contributed by atoms with E-state index >= 15 is 0 Å². The number of hydrogen-bond acceptors (Lipinski definition) is 5. The van der Waals surface area contributed by atoms with Crippen LogP contribution in [0.1, 0.15) is 36.4 Å². The highest BCUT2D eigenvalue weighted by Crippen LogP contribution is 2.19. The zero-order valence-electron chi connectivity index (χ0n) is 13.3. The Kier molecular flexibility index (Phi) is 5.49. The number of nitrogens with one attached hydrogen (secondary N) is 1. The summed E-state index contributed by atoms with van der Waals surface area (Å²) in [5.41, 5.74) is 2.21. The van der Waals surface area contributed by atoms with Gasteiger partial charge in [0.15, 0.2) is 6.10 Å². The molecule has 1 aromatic carbocycles. The van der Waals surface area contributed by atoms with Crippen LogP contribution in [0.2, 0.25) is 0 Å². The maximum absolute atomic E-state index is 12.2. The Labute approximate surface area is 134 Å². The predicted octanol–water partition coefficient (Wildman–Crippen LogP) is 3.51. The lowest BCUT2D eigenvalue weighted by Gasteiger charge is -2.14. The van der Waals surface area contributed by atoms with Gasteiger partial charge in [-0.1, -0.05) is 24.3 Å². The minimum Gasteiger partial charge on any atom is -0.481 e. The van der Waals surface area contributed by atoms with Crippen molar-refractivity contribution in [3.05, 3.63) is 34.3 Å². The van der Waals surface area contributed by atoms with Gasteiger partial charge in [0.2, 0.25) is 5.13 Å². The third kappa shape index (κ3) is 4.53. The topological polar surface area (TPSA) is 64.1 Å². The number of carbonyl (C=O) groups is 1. The molecular weight excluding hydrogens is 298 g/mol. The fourth-order valence-electron chi connectivity index (χ4n) is 2.08. The second-order valence-corrected chi connectivity index (χ2v) is 6.39. The molecule has 0 saturated heterocycles. The van der Waals surface area contributed by atoms with Gasteiger partial charge in [-0.05, 0) is 50.5 Å². The van der Waals surface area contributed by atoms with E-state index in [9.17, 15) is 4.79 Å². The Morgan fingerprint density at radius 1 is 1.27 bits per heavy atom. The number of carbonyl (C=O) groups excluding carboxylic acids is 1. The minimum absolute atomic E-state index is 0.224. The Morgan fingerprint density at radius 3 is 2.59 bits per heavy atom. The second-order valence-electron chi connectivity index (χ2n) is 5.32. The number of rotatable bonds is 6. The summed E-state index contributed by atoms with van der Waals surface area (Å²) in [5.74, 6) is 0.474. The molecule has 2 aromatic rings. The Hall–Kier alpha value is -1.95. The van der Waals surface area contributed by atoms with Crippen LogP contribution in [0.4, 0.5) is 5.13 Å². The first-order valence-electron chi connectivity index (χ1n) is 7.36. The molecule has 0 aliphatic heterocycles. The summed E-state index contributed by atoms with van der Waals surface area (Å²) in [6.45, 7) is 7.81. The quantitative estimate of drug-likeness (QED) is 0.885. The summed E-state index contributed by atoms with van der Waals surface area (Å²) >= 11 is 1.40. The largest absolute Gasteiger partial charge is 0.481 e. The van der Waals surface area contributed by atoms with Crippen molar-refractivity contribution in [2.75, 3.05) is 5.32 Å². The van der Waals surface area contributed by atoms with Crippen LogP contribution in [0.15, 0.2) is 18.2 Å². The highest BCUT2D eigenvalue weighted by Gasteiger charge is 2.17. The highest BCUT2D eigenvalue weighted by atomic mass is 32.1. The van der Waals surface area contributed by atoms with Crippen molar-refractivity contribution >= 4 is 22.4 Å². The second kappa shape index (κ2) is 7.35. The lowest BCUT2D eigenvalue weighted by Crippen LogP contribution is -2.30. The van der Waals surface area contributed by atoms with Crippen LogP contribution in [-0.2, 0) is 11.2 Å². The third-order valence-corrected chi connectivity index (χ3v) is 3.94. The van der Waals surface area contributed by atoms with Crippen molar-refractivity contribution in [2.45, 2.75) is 46.6 Å². The maximum Gasteiger partial charge on any atom is 0.266 e. The number of ether oxygens (including phenoxy) is 1. The molecule has 0 unspecified atom stereocenters. The smallest absolute Gasteiger partial charge is 0.266 e. The molecule has 0 aliphatic carbocycles. The van der Waals surface area contributed by atoms with Gasteiger partial charge in [0.1, 0.15) is 10.8 Å². The molecule has 0 aliphatic rings. The Morgan fingerprint density at radius 2 is 1.95 bits per heavy atom. The SMILES string of the molecule is CCCc1nnc(NC(=O)[C@H](C)Oc2cc(C)cc(C)c2)s1. The van der Waals surface area contributed by atoms with Crippen LogP contribution in [0.25, 0.3) is 0 Å². The monoisotopic (exact) mass is 319 g/mol. The van der Waals surface area contributed by atoms with Gasteiger partial charge in [0.25, 0.3) is 5.91 Å². The average molecular weight is 319 g/mol. The summed E-state index contributed by atoms with van der Waals surface area (Å²) in [5, 5.41) is 12.2. The van der Waals surface area contributed by atoms with Crippen LogP contribution >= 0.6 is 11.3 Å². The van der Waals surface area contributed by atoms with E-state index in [0.29, 0.717) is 10.9 Å². The molecule has 0 bridgehead atoms. The molecule has 2 rings (SSSR count). The molecule has 1 aromatic heterocycles. The van der Waals surface area contributed by atoms with Crippen LogP contribution < -0.4 is 10.1 Å². The predicted molar refractivity (Wildman–Crippen MR) is 88.5 cm³/mol. The molecule has 1 heterocycles. The van der Waals surface area contributed by atoms with Crippen molar-refractivity contribution in [2.24, 2.45) is 0 Å². The lowest BCUT2D eigenvalue weighted by molar-refractivity contribution is -0.122. The van der Waals surface area contributed by atoms with E-state index < -0.39 is 6.10 Å². The molecule has 5 nitrogen and oxygen atoms in total. The number of hydrogen-bond donors (Lipinski definition) is 1. The Balaban J connectivity index is 1.96. The first-order valence-corrected chi connectivity index (χ1v) is 8.17. The Bertz CT molecular complexity index is 634. The average Bonchev–Trinajstić information content (AvgIpc) is 2.85. The number of anilines is 1. The van der Waals surface area contributed by atoms with Gasteiger partial charge in [-0.25, -0.2) is 0 Å². The van der Waals surface area contributed by atoms with Gasteiger partial charge in [0, 0.05) is 6.42 Å². The molecule has 1 atom stereocenters. The third-order valence-electron chi connectivity index (χ3n) is 3.04. The van der Waals surface area contributed by atoms with Crippen LogP contribution in [-0.4, -0.2) is 22.2 Å². The van der Waals surface area contributed by atoms with Crippen molar-refractivity contribution < 1.29 is 9.53 Å². The molecule has 0 saturated carbocycles. The van der Waals surface area contributed by atoms with Gasteiger partial charge in [0.05, 0.1) is 0 Å². The maximum atomic E-state index is 12.2. The number of benzene rings is 1. The number of aryl methyl sites for hydroxylation is 3. The zero-order chi connectivity index (χ0) is 16.1. The van der Waals surface area contributed by atoms with E-state index in [1.807, 2.05) is 26.0 Å². The van der Waals surface area contributed by atoms with E-state index in [1.54, 1.807) is 6.92 Å². The molecule has 1 amide bonds. The summed E-state index contributed by atoms with van der Waals surface area (Å²) < 4.78 is 5.71. The molecular formula is C16H21N3O2S. The molecule has 1 N–H and O–H groups in total. The van der Waals surface area contributed by atoms with E-state index in [-0.39, 0.29) is 5.91 Å². The van der Waals surface area contributed by atoms with Crippen molar-refractivity contribution in [1.29, 1.82) is 0 Å². The van der Waals surface area contributed by atoms with Crippen molar-refractivity contribution in [3.8, 4) is 5.75 Å². The molecule has 6 heteroatoms. The summed E-state index contributed by atoms with van der Waals surface area (Å²) in [6.07, 6.45) is 1.29. The van der Waals surface area contributed by atoms with Gasteiger partial charge in [-0.3, -0.25) is 10.1 Å². The number of aromatic nitrogens is 2. The van der Waals surface area contributed by atoms with Gasteiger partial charge in [-0.2, -0.15) is 0 Å². The lowest BCUT2D eigenvalue weighted by atomic mass is 10.1. The van der Waals surface area contributed by atoms with Crippen molar-refractivity contribution in [3.63, 3.8) is 0 Å². The van der Waals surface area contributed by atoms with Crippen molar-refractivity contribution in [1.82, 2.24) is 10.2 Å². The van der Waals surface area contributed by atoms with Gasteiger partial charge in [-0.15, -0.1) is 10.2 Å². The summed E-state index contributed by atoms with van der Waals surface area (Å²) in [4.78, 5) is 12.2. The summed E-state index contributed by atoms with van der Waals surface area (Å²) in [6, 6.07) is 5.90. The van der Waals surface area contributed by atoms with E-state index in [2.05, 4.69) is 28.5 Å². The van der Waals surface area contributed by atoms with E-state index in [4.69, 9.17) is 4.74 Å². The van der Waals surface area contributed by atoms with Crippen LogP contribution in [0.3, 0.4) is 0 Å². The van der Waals surface area contributed by atoms with E-state index in [1.165, 1.54) is 11.3 Å². The zero-order valence-corrected chi connectivity index (χ0v) is 14.2. The molecule has 0 spiro atoms. The minimum atomic E-state index is -0.597. The molecule has 0 fully saturated rings. The molecule has 118 valence electrons. The van der Waals surface area contributed by atoms with E-state index in [0.717, 1.165) is 29.0 Å². The highest BCUT2D eigenvalue weighted by molar-refractivity contribution is 7.15. The van der Waals surface area contributed by atoms with Crippen LogP contribution in [0.5, 0.6) is 5.75 Å². The normalized spacial score (nSPS) is 12.0. The van der Waals surface area contributed by atoms with Gasteiger partial charge < -0.3 is 4.74 Å². The fourth-order valence-corrected chi connectivity index (χ4v) is 2.93. The van der Waals surface area contributed by atoms with Crippen LogP contribution in [0, 0.1) is 13.8 Å². The fraction of sp³-hybridized carbons (Fsp3) is 0.438.